The molecule has 1 aromatic heterocycles. The Morgan fingerprint density at radius 2 is 1.91 bits per heavy atom. The molecule has 0 radical (unpaired) electrons. The monoisotopic (exact) mass is 305 g/mol. The van der Waals surface area contributed by atoms with Crippen LogP contribution in [0.4, 0.5) is 0 Å². The van der Waals surface area contributed by atoms with Gasteiger partial charge in [-0.05, 0) is 48.6 Å². The molecule has 0 fully saturated rings. The minimum absolute atomic E-state index is 0.308. The molecule has 4 rings (SSSR count). The molecule has 0 saturated carbocycles. The Morgan fingerprint density at radius 1 is 1.09 bits per heavy atom. The molecule has 0 saturated heterocycles. The number of nitrogens with zero attached hydrogens (tertiary/aromatic N) is 1. The van der Waals surface area contributed by atoms with Crippen molar-refractivity contribution in [2.24, 2.45) is 0 Å². The number of phenols is 1. The van der Waals surface area contributed by atoms with Gasteiger partial charge in [0.2, 0.25) is 0 Å². The summed E-state index contributed by atoms with van der Waals surface area (Å²) in [6, 6.07) is 14.1. The third kappa shape index (κ3) is 2.42. The Hall–Kier alpha value is -2.55. The van der Waals surface area contributed by atoms with E-state index in [0.717, 1.165) is 53.8 Å². The second kappa shape index (κ2) is 5.58. The van der Waals surface area contributed by atoms with Gasteiger partial charge in [0.25, 0.3) is 0 Å². The average molecular weight is 305 g/mol. The van der Waals surface area contributed by atoms with E-state index < -0.39 is 0 Å². The first kappa shape index (κ1) is 14.1. The summed E-state index contributed by atoms with van der Waals surface area (Å²) >= 11 is 0. The molecule has 3 heteroatoms. The van der Waals surface area contributed by atoms with Crippen LogP contribution in [0.25, 0.3) is 22.6 Å². The van der Waals surface area contributed by atoms with Crippen molar-refractivity contribution in [3.8, 4) is 28.3 Å². The Morgan fingerprint density at radius 3 is 2.70 bits per heavy atom. The minimum atomic E-state index is 0.308. The summed E-state index contributed by atoms with van der Waals surface area (Å²) in [6.07, 6.45) is 4.05. The maximum atomic E-state index is 9.65. The lowest BCUT2D eigenvalue weighted by Crippen LogP contribution is -2.03. The molecule has 1 aliphatic carbocycles. The molecule has 1 heterocycles. The Bertz CT molecular complexity index is 847. The first-order valence-electron chi connectivity index (χ1n) is 8.16. The van der Waals surface area contributed by atoms with Crippen LogP contribution in [0.15, 0.2) is 47.0 Å². The smallest absolute Gasteiger partial charge is 0.170 e. The van der Waals surface area contributed by atoms with Crippen LogP contribution in [0.1, 0.15) is 30.0 Å². The number of fused-ring (bicyclic) bond motifs is 3. The molecule has 116 valence electrons. The molecule has 23 heavy (non-hydrogen) atoms. The first-order valence-corrected chi connectivity index (χ1v) is 8.16. The van der Waals surface area contributed by atoms with Gasteiger partial charge in [0.15, 0.2) is 5.76 Å². The van der Waals surface area contributed by atoms with E-state index >= 15 is 0 Å². The number of hydrogen-bond acceptors (Lipinski definition) is 3. The highest BCUT2D eigenvalue weighted by atomic mass is 16.5. The predicted octanol–water partition coefficient (Wildman–Crippen LogP) is 4.77. The van der Waals surface area contributed by atoms with Crippen molar-refractivity contribution < 1.29 is 9.63 Å². The van der Waals surface area contributed by atoms with Crippen LogP contribution >= 0.6 is 0 Å². The largest absolute Gasteiger partial charge is 0.508 e. The summed E-state index contributed by atoms with van der Waals surface area (Å²) < 4.78 is 5.68. The Balaban J connectivity index is 1.75. The van der Waals surface area contributed by atoms with Gasteiger partial charge in [-0.1, -0.05) is 42.8 Å². The van der Waals surface area contributed by atoms with Gasteiger partial charge in [0.05, 0.1) is 0 Å². The van der Waals surface area contributed by atoms with Crippen molar-refractivity contribution in [3.05, 3.63) is 59.2 Å². The van der Waals surface area contributed by atoms with Crippen LogP contribution in [0.3, 0.4) is 0 Å². The summed E-state index contributed by atoms with van der Waals surface area (Å²) in [4.78, 5) is 0. The average Bonchev–Trinajstić information content (AvgIpc) is 3.00. The zero-order chi connectivity index (χ0) is 15.8. The van der Waals surface area contributed by atoms with Gasteiger partial charge in [-0.2, -0.15) is 0 Å². The molecule has 0 bridgehead atoms. The van der Waals surface area contributed by atoms with Gasteiger partial charge in [-0.3, -0.25) is 0 Å². The van der Waals surface area contributed by atoms with Crippen LogP contribution < -0.4 is 0 Å². The van der Waals surface area contributed by atoms with Gasteiger partial charge in [0.1, 0.15) is 11.4 Å². The summed E-state index contributed by atoms with van der Waals surface area (Å²) in [5.74, 6) is 1.18. The highest BCUT2D eigenvalue weighted by Gasteiger charge is 2.24. The molecule has 3 aromatic rings. The molecule has 0 atom stereocenters. The molecule has 0 amide bonds. The van der Waals surface area contributed by atoms with E-state index in [-0.39, 0.29) is 0 Å². The van der Waals surface area contributed by atoms with Crippen molar-refractivity contribution in [2.75, 3.05) is 0 Å². The second-order valence-electron chi connectivity index (χ2n) is 6.13. The van der Waals surface area contributed by atoms with Crippen molar-refractivity contribution in [1.82, 2.24) is 5.16 Å². The topological polar surface area (TPSA) is 46.3 Å². The standard InChI is InChI=1S/C20H19NO2/c1-2-3-13-4-6-14(7-5-13)20-18-10-8-15-12-16(22)9-11-17(15)19(18)21-23-20/h4-7,9,11-12,22H,2-3,8,10H2,1H3. The van der Waals surface area contributed by atoms with Crippen molar-refractivity contribution in [2.45, 2.75) is 32.6 Å². The van der Waals surface area contributed by atoms with Crippen LogP contribution in [0, 0.1) is 0 Å². The van der Waals surface area contributed by atoms with E-state index in [1.54, 1.807) is 6.07 Å². The predicted molar refractivity (Wildman–Crippen MR) is 90.4 cm³/mol. The molecule has 1 aliphatic rings. The highest BCUT2D eigenvalue weighted by Crippen LogP contribution is 2.39. The van der Waals surface area contributed by atoms with Gasteiger partial charge in [-0.15, -0.1) is 0 Å². The molecule has 0 spiro atoms. The Kier molecular flexibility index (Phi) is 3.41. The lowest BCUT2D eigenvalue weighted by atomic mass is 9.88. The number of hydrogen-bond donors (Lipinski definition) is 1. The SMILES string of the molecule is CCCc1ccc(-c2onc3c2CCc2cc(O)ccc2-3)cc1. The quantitative estimate of drug-likeness (QED) is 0.758. The van der Waals surface area contributed by atoms with Crippen LogP contribution in [0.5, 0.6) is 5.75 Å². The number of rotatable bonds is 3. The van der Waals surface area contributed by atoms with E-state index in [9.17, 15) is 5.11 Å². The fraction of sp³-hybridized carbons (Fsp3) is 0.250. The third-order valence-electron chi connectivity index (χ3n) is 4.53. The van der Waals surface area contributed by atoms with Crippen molar-refractivity contribution in [1.29, 1.82) is 0 Å². The summed E-state index contributed by atoms with van der Waals surface area (Å²) in [5, 5.41) is 14.0. The lowest BCUT2D eigenvalue weighted by Gasteiger charge is -2.15. The van der Waals surface area contributed by atoms with E-state index in [4.69, 9.17) is 4.52 Å². The number of aromatic hydroxyl groups is 1. The fourth-order valence-corrected chi connectivity index (χ4v) is 3.37. The van der Waals surface area contributed by atoms with Crippen LogP contribution in [0.2, 0.25) is 0 Å². The number of phenolic OH excluding ortho intramolecular Hbond substituents is 1. The first-order chi connectivity index (χ1) is 11.3. The zero-order valence-corrected chi connectivity index (χ0v) is 13.2. The normalized spacial score (nSPS) is 12.7. The molecule has 1 N–H and O–H groups in total. The van der Waals surface area contributed by atoms with Gasteiger partial charge < -0.3 is 9.63 Å². The third-order valence-corrected chi connectivity index (χ3v) is 4.53. The van der Waals surface area contributed by atoms with E-state index in [0.29, 0.717) is 5.75 Å². The van der Waals surface area contributed by atoms with Crippen molar-refractivity contribution in [3.63, 3.8) is 0 Å². The second-order valence-corrected chi connectivity index (χ2v) is 6.13. The summed E-state index contributed by atoms with van der Waals surface area (Å²) in [7, 11) is 0. The fourth-order valence-electron chi connectivity index (χ4n) is 3.37. The maximum absolute atomic E-state index is 9.65. The highest BCUT2D eigenvalue weighted by molar-refractivity contribution is 5.77. The molecule has 2 aromatic carbocycles. The van der Waals surface area contributed by atoms with Gasteiger partial charge in [0, 0.05) is 16.7 Å². The molecule has 0 unspecified atom stereocenters. The van der Waals surface area contributed by atoms with Crippen LogP contribution in [-0.4, -0.2) is 10.3 Å². The molecular weight excluding hydrogens is 286 g/mol. The van der Waals surface area contributed by atoms with Gasteiger partial charge >= 0.3 is 0 Å². The number of aryl methyl sites for hydroxylation is 2. The van der Waals surface area contributed by atoms with E-state index in [1.165, 1.54) is 11.1 Å². The molecule has 3 nitrogen and oxygen atoms in total. The van der Waals surface area contributed by atoms with E-state index in [1.807, 2.05) is 12.1 Å². The summed E-state index contributed by atoms with van der Waals surface area (Å²) in [6.45, 7) is 2.19. The van der Waals surface area contributed by atoms with Crippen molar-refractivity contribution >= 4 is 0 Å². The van der Waals surface area contributed by atoms with E-state index in [2.05, 4.69) is 36.3 Å². The van der Waals surface area contributed by atoms with Gasteiger partial charge in [-0.25, -0.2) is 0 Å². The molecular formula is C20H19NO2. The lowest BCUT2D eigenvalue weighted by molar-refractivity contribution is 0.434. The van der Waals surface area contributed by atoms with Crippen LogP contribution in [-0.2, 0) is 19.3 Å². The Labute approximate surface area is 135 Å². The zero-order valence-electron chi connectivity index (χ0n) is 13.2. The number of aromatic nitrogens is 1. The minimum Gasteiger partial charge on any atom is -0.508 e. The number of benzene rings is 2. The molecule has 0 aliphatic heterocycles. The summed E-state index contributed by atoms with van der Waals surface area (Å²) in [5.41, 5.74) is 6.73. The maximum Gasteiger partial charge on any atom is 0.170 e.